The molecular weight excluding hydrogens is 324 g/mol. The number of halogens is 1. The Balaban J connectivity index is 0.00000208. The number of hydrogen-bond acceptors (Lipinski definition) is 3. The quantitative estimate of drug-likeness (QED) is 0.871. The maximum atomic E-state index is 12.2. The van der Waals surface area contributed by atoms with Crippen LogP contribution in [0.15, 0.2) is 24.3 Å². The molecule has 1 aliphatic rings. The minimum Gasteiger partial charge on any atom is -0.355 e. The van der Waals surface area contributed by atoms with Crippen LogP contribution in [-0.2, 0) is 11.2 Å². The highest BCUT2D eigenvalue weighted by Crippen LogP contribution is 2.21. The molecule has 0 atom stereocenters. The Bertz CT molecular complexity index is 677. The number of amides is 1. The lowest BCUT2D eigenvalue weighted by molar-refractivity contribution is -0.125. The Labute approximate surface area is 149 Å². The average Bonchev–Trinajstić information content (AvgIpc) is 2.94. The molecule has 2 aromatic rings. The molecule has 1 amide bonds. The van der Waals surface area contributed by atoms with Crippen LogP contribution >= 0.6 is 12.4 Å². The number of fused-ring (bicyclic) bond motifs is 1. The molecule has 1 aromatic heterocycles. The third kappa shape index (κ3) is 4.08. The van der Waals surface area contributed by atoms with Crippen molar-refractivity contribution in [2.24, 2.45) is 5.92 Å². The van der Waals surface area contributed by atoms with Crippen LogP contribution in [-0.4, -0.2) is 35.1 Å². The van der Waals surface area contributed by atoms with Crippen molar-refractivity contribution < 1.29 is 4.79 Å². The molecule has 0 spiro atoms. The first-order valence-electron chi connectivity index (χ1n) is 8.61. The molecule has 5 nitrogen and oxygen atoms in total. The number of aromatic nitrogens is 2. The van der Waals surface area contributed by atoms with Gasteiger partial charge in [0.15, 0.2) is 0 Å². The molecule has 6 heteroatoms. The number of imidazole rings is 1. The third-order valence-corrected chi connectivity index (χ3v) is 4.54. The van der Waals surface area contributed by atoms with E-state index < -0.39 is 0 Å². The summed E-state index contributed by atoms with van der Waals surface area (Å²) in [6.07, 6.45) is 2.65. The summed E-state index contributed by atoms with van der Waals surface area (Å²) in [5.74, 6) is 1.41. The summed E-state index contributed by atoms with van der Waals surface area (Å²) < 4.78 is 2.27. The SMILES string of the molecule is CC(C)n1c(CCNC(=O)C2CCNCC2)nc2ccccc21.Cl. The number of hydrogen-bond donors (Lipinski definition) is 2. The Hall–Kier alpha value is -1.59. The fraction of sp³-hybridized carbons (Fsp3) is 0.556. The van der Waals surface area contributed by atoms with Gasteiger partial charge in [0.2, 0.25) is 5.91 Å². The number of nitrogens with zero attached hydrogens (tertiary/aromatic N) is 2. The van der Waals surface area contributed by atoms with E-state index in [1.165, 1.54) is 5.52 Å². The number of piperidine rings is 1. The van der Waals surface area contributed by atoms with Crippen LogP contribution < -0.4 is 10.6 Å². The van der Waals surface area contributed by atoms with Crippen LogP contribution in [0.5, 0.6) is 0 Å². The number of carbonyl (C=O) groups is 1. The summed E-state index contributed by atoms with van der Waals surface area (Å²) >= 11 is 0. The van der Waals surface area contributed by atoms with Gasteiger partial charge in [0, 0.05) is 24.9 Å². The van der Waals surface area contributed by atoms with E-state index in [1.54, 1.807) is 0 Å². The molecule has 2 heterocycles. The number of carbonyl (C=O) groups excluding carboxylic acids is 1. The molecule has 1 fully saturated rings. The number of nitrogens with one attached hydrogen (secondary N) is 2. The van der Waals surface area contributed by atoms with Crippen molar-refractivity contribution in [1.29, 1.82) is 0 Å². The van der Waals surface area contributed by atoms with E-state index in [2.05, 4.69) is 35.1 Å². The lowest BCUT2D eigenvalue weighted by atomic mass is 9.97. The topological polar surface area (TPSA) is 59.0 Å². The monoisotopic (exact) mass is 350 g/mol. The molecule has 0 bridgehead atoms. The van der Waals surface area contributed by atoms with Crippen LogP contribution in [0.3, 0.4) is 0 Å². The zero-order valence-corrected chi connectivity index (χ0v) is 15.2. The van der Waals surface area contributed by atoms with E-state index in [0.29, 0.717) is 12.6 Å². The highest BCUT2D eigenvalue weighted by molar-refractivity contribution is 5.85. The van der Waals surface area contributed by atoms with Crippen LogP contribution in [0.2, 0.25) is 0 Å². The molecule has 1 aromatic carbocycles. The third-order valence-electron chi connectivity index (χ3n) is 4.54. The van der Waals surface area contributed by atoms with E-state index in [9.17, 15) is 4.79 Å². The van der Waals surface area contributed by atoms with Crippen LogP contribution in [0.25, 0.3) is 11.0 Å². The van der Waals surface area contributed by atoms with Crippen molar-refractivity contribution in [1.82, 2.24) is 20.2 Å². The highest BCUT2D eigenvalue weighted by atomic mass is 35.5. The minimum atomic E-state index is 0. The summed E-state index contributed by atoms with van der Waals surface area (Å²) in [5.41, 5.74) is 2.20. The van der Waals surface area contributed by atoms with Crippen molar-refractivity contribution in [3.8, 4) is 0 Å². The zero-order valence-electron chi connectivity index (χ0n) is 14.4. The normalized spacial score (nSPS) is 15.5. The van der Waals surface area contributed by atoms with Crippen LogP contribution in [0, 0.1) is 5.92 Å². The van der Waals surface area contributed by atoms with Crippen molar-refractivity contribution in [3.63, 3.8) is 0 Å². The fourth-order valence-corrected chi connectivity index (χ4v) is 3.37. The molecule has 0 aliphatic carbocycles. The van der Waals surface area contributed by atoms with Crippen molar-refractivity contribution >= 4 is 29.3 Å². The van der Waals surface area contributed by atoms with Gasteiger partial charge in [0.1, 0.15) is 5.82 Å². The summed E-state index contributed by atoms with van der Waals surface area (Å²) in [6.45, 7) is 6.89. The standard InChI is InChI=1S/C18H26N4O.ClH/c1-13(2)22-16-6-4-3-5-15(16)21-17(22)9-12-20-18(23)14-7-10-19-11-8-14;/h3-6,13-14,19H,7-12H2,1-2H3,(H,20,23);1H. The fourth-order valence-electron chi connectivity index (χ4n) is 3.37. The Morgan fingerprint density at radius 1 is 1.33 bits per heavy atom. The van der Waals surface area contributed by atoms with Gasteiger partial charge in [0.25, 0.3) is 0 Å². The first-order valence-corrected chi connectivity index (χ1v) is 8.61. The van der Waals surface area contributed by atoms with Crippen molar-refractivity contribution in [3.05, 3.63) is 30.1 Å². The molecule has 2 N–H and O–H groups in total. The Morgan fingerprint density at radius 2 is 2.04 bits per heavy atom. The average molecular weight is 351 g/mol. The van der Waals surface area contributed by atoms with E-state index >= 15 is 0 Å². The second kappa shape index (κ2) is 8.49. The van der Waals surface area contributed by atoms with Gasteiger partial charge in [-0.1, -0.05) is 12.1 Å². The first kappa shape index (κ1) is 18.7. The summed E-state index contributed by atoms with van der Waals surface area (Å²) in [6, 6.07) is 8.58. The van der Waals surface area contributed by atoms with Gasteiger partial charge in [-0.25, -0.2) is 4.98 Å². The van der Waals surface area contributed by atoms with Crippen molar-refractivity contribution in [2.45, 2.75) is 39.2 Å². The highest BCUT2D eigenvalue weighted by Gasteiger charge is 2.20. The Kier molecular flexibility index (Phi) is 6.63. The van der Waals surface area contributed by atoms with Gasteiger partial charge in [0.05, 0.1) is 11.0 Å². The molecule has 0 radical (unpaired) electrons. The number of para-hydroxylation sites is 2. The smallest absolute Gasteiger partial charge is 0.223 e. The maximum Gasteiger partial charge on any atom is 0.223 e. The zero-order chi connectivity index (χ0) is 16.2. The number of rotatable bonds is 5. The summed E-state index contributed by atoms with van der Waals surface area (Å²) in [7, 11) is 0. The maximum absolute atomic E-state index is 12.2. The first-order chi connectivity index (χ1) is 11.2. The second-order valence-corrected chi connectivity index (χ2v) is 6.55. The van der Waals surface area contributed by atoms with Gasteiger partial charge >= 0.3 is 0 Å². The molecule has 1 aliphatic heterocycles. The Morgan fingerprint density at radius 3 is 2.75 bits per heavy atom. The van der Waals surface area contributed by atoms with E-state index in [-0.39, 0.29) is 24.2 Å². The van der Waals surface area contributed by atoms with Gasteiger partial charge < -0.3 is 15.2 Å². The van der Waals surface area contributed by atoms with Crippen LogP contribution in [0.4, 0.5) is 0 Å². The lowest BCUT2D eigenvalue weighted by Crippen LogP contribution is -2.39. The molecule has 0 saturated carbocycles. The van der Waals surface area contributed by atoms with Crippen LogP contribution in [0.1, 0.15) is 38.6 Å². The number of benzene rings is 1. The summed E-state index contributed by atoms with van der Waals surface area (Å²) in [5, 5.41) is 6.38. The minimum absolute atomic E-state index is 0. The van der Waals surface area contributed by atoms with E-state index in [4.69, 9.17) is 4.98 Å². The predicted octanol–water partition coefficient (Wildman–Crippen LogP) is 2.70. The molecule has 0 unspecified atom stereocenters. The van der Waals surface area contributed by atoms with Gasteiger partial charge in [-0.2, -0.15) is 0 Å². The van der Waals surface area contributed by atoms with Crippen molar-refractivity contribution in [2.75, 3.05) is 19.6 Å². The molecule has 24 heavy (non-hydrogen) atoms. The lowest BCUT2D eigenvalue weighted by Gasteiger charge is -2.21. The molecule has 3 rings (SSSR count). The second-order valence-electron chi connectivity index (χ2n) is 6.55. The van der Waals surface area contributed by atoms with E-state index in [0.717, 1.165) is 43.7 Å². The van der Waals surface area contributed by atoms with Gasteiger partial charge in [-0.05, 0) is 51.9 Å². The molecular formula is C18H27ClN4O. The largest absolute Gasteiger partial charge is 0.355 e. The van der Waals surface area contributed by atoms with Gasteiger partial charge in [-0.15, -0.1) is 12.4 Å². The van der Waals surface area contributed by atoms with E-state index in [1.807, 2.05) is 18.2 Å². The molecule has 132 valence electrons. The molecule has 1 saturated heterocycles. The predicted molar refractivity (Wildman–Crippen MR) is 99.7 cm³/mol. The summed E-state index contributed by atoms with van der Waals surface area (Å²) in [4.78, 5) is 17.0. The van der Waals surface area contributed by atoms with Gasteiger partial charge in [-0.3, -0.25) is 4.79 Å².